The second-order valence-electron chi connectivity index (χ2n) is 5.31. The van der Waals surface area contributed by atoms with E-state index in [9.17, 15) is 9.59 Å². The first kappa shape index (κ1) is 14.9. The molecule has 1 fully saturated rings. The molecule has 0 spiro atoms. The maximum atomic E-state index is 11.8. The summed E-state index contributed by atoms with van der Waals surface area (Å²) in [6, 6.07) is -1.19. The van der Waals surface area contributed by atoms with Crippen LogP contribution in [-0.4, -0.2) is 41.7 Å². The average molecular weight is 257 g/mol. The third-order valence-corrected chi connectivity index (χ3v) is 3.11. The van der Waals surface area contributed by atoms with Gasteiger partial charge in [-0.3, -0.25) is 9.59 Å². The monoisotopic (exact) mass is 257 g/mol. The van der Waals surface area contributed by atoms with E-state index < -0.39 is 18.1 Å². The Morgan fingerprint density at radius 1 is 1.50 bits per heavy atom. The van der Waals surface area contributed by atoms with Crippen molar-refractivity contribution in [3.8, 4) is 0 Å². The van der Waals surface area contributed by atoms with Gasteiger partial charge in [-0.05, 0) is 31.7 Å². The first-order chi connectivity index (χ1) is 8.40. The highest BCUT2D eigenvalue weighted by Crippen LogP contribution is 2.10. The topological polar surface area (TPSA) is 104 Å². The molecule has 0 aromatic heterocycles. The molecule has 3 atom stereocenters. The molecule has 1 saturated heterocycles. The summed E-state index contributed by atoms with van der Waals surface area (Å²) in [5.41, 5.74) is 5.79. The average Bonchev–Trinajstić information content (AvgIpc) is 2.28. The van der Waals surface area contributed by atoms with Crippen LogP contribution in [0.3, 0.4) is 0 Å². The summed E-state index contributed by atoms with van der Waals surface area (Å²) in [5, 5.41) is 14.7. The Balaban J connectivity index is 2.41. The van der Waals surface area contributed by atoms with Crippen LogP contribution in [0.2, 0.25) is 0 Å². The summed E-state index contributed by atoms with van der Waals surface area (Å²) in [5.74, 6) is -0.689. The van der Waals surface area contributed by atoms with Gasteiger partial charge < -0.3 is 21.5 Å². The predicted molar refractivity (Wildman–Crippen MR) is 68.0 cm³/mol. The molecule has 0 saturated carbocycles. The highest BCUT2D eigenvalue weighted by molar-refractivity contribution is 5.82. The van der Waals surface area contributed by atoms with Crippen LogP contribution in [0.15, 0.2) is 0 Å². The van der Waals surface area contributed by atoms with Crippen LogP contribution < -0.4 is 16.4 Å². The highest BCUT2D eigenvalue weighted by atomic mass is 16.4. The second kappa shape index (κ2) is 6.70. The van der Waals surface area contributed by atoms with Gasteiger partial charge in [0, 0.05) is 6.04 Å². The minimum atomic E-state index is -0.875. The molecule has 6 nitrogen and oxygen atoms in total. The van der Waals surface area contributed by atoms with Crippen molar-refractivity contribution in [2.24, 2.45) is 11.7 Å². The molecule has 3 unspecified atom stereocenters. The summed E-state index contributed by atoms with van der Waals surface area (Å²) >= 11 is 0. The Bertz CT molecular complexity index is 307. The molecule has 6 heteroatoms. The van der Waals surface area contributed by atoms with Gasteiger partial charge in [0.05, 0.1) is 6.04 Å². The number of hydrogen-bond acceptors (Lipinski definition) is 4. The molecule has 0 aromatic rings. The van der Waals surface area contributed by atoms with Gasteiger partial charge in [0.25, 0.3) is 0 Å². The zero-order chi connectivity index (χ0) is 13.7. The fourth-order valence-electron chi connectivity index (χ4n) is 2.16. The summed E-state index contributed by atoms with van der Waals surface area (Å²) in [6.45, 7) is 4.62. The maximum absolute atomic E-state index is 11.8. The van der Waals surface area contributed by atoms with Crippen LogP contribution in [0.4, 0.5) is 0 Å². The standard InChI is InChI=1S/C12H23N3O3/c1-7(2)5-9(13)11(16)15-8-3-4-14-10(6-8)12(17)18/h7-10,14H,3-6,13H2,1-2H3,(H,15,16)(H,17,18). The molecule has 1 rings (SSSR count). The molecule has 0 bridgehead atoms. The zero-order valence-electron chi connectivity index (χ0n) is 11.0. The molecule has 0 radical (unpaired) electrons. The number of nitrogens with two attached hydrogens (primary N) is 1. The lowest BCUT2D eigenvalue weighted by atomic mass is 9.98. The molecule has 0 aromatic carbocycles. The van der Waals surface area contributed by atoms with Crippen LogP contribution in [-0.2, 0) is 9.59 Å². The van der Waals surface area contributed by atoms with E-state index in [0.29, 0.717) is 25.3 Å². The molecule has 1 heterocycles. The van der Waals surface area contributed by atoms with Gasteiger partial charge in [-0.25, -0.2) is 0 Å². The number of aliphatic carboxylic acids is 1. The van der Waals surface area contributed by atoms with E-state index in [2.05, 4.69) is 10.6 Å². The second-order valence-corrected chi connectivity index (χ2v) is 5.31. The van der Waals surface area contributed by atoms with Gasteiger partial charge in [0.2, 0.25) is 5.91 Å². The summed E-state index contributed by atoms with van der Waals surface area (Å²) in [6.07, 6.45) is 1.79. The van der Waals surface area contributed by atoms with Gasteiger partial charge in [-0.1, -0.05) is 13.8 Å². The molecule has 1 amide bonds. The van der Waals surface area contributed by atoms with Crippen molar-refractivity contribution in [3.05, 3.63) is 0 Å². The Hall–Kier alpha value is -1.14. The predicted octanol–water partition coefficient (Wildman–Crippen LogP) is -0.319. The minimum Gasteiger partial charge on any atom is -0.480 e. The number of rotatable bonds is 5. The summed E-state index contributed by atoms with van der Waals surface area (Å²) < 4.78 is 0. The number of carbonyl (C=O) groups is 2. The quantitative estimate of drug-likeness (QED) is 0.540. The van der Waals surface area contributed by atoms with E-state index in [0.717, 1.165) is 6.42 Å². The summed E-state index contributed by atoms with van der Waals surface area (Å²) in [4.78, 5) is 22.7. The van der Waals surface area contributed by atoms with Crippen molar-refractivity contribution in [2.45, 2.75) is 51.2 Å². The molecule has 1 aliphatic rings. The SMILES string of the molecule is CC(C)CC(N)C(=O)NC1CCNC(C(=O)O)C1. The number of nitrogens with one attached hydrogen (secondary N) is 2. The number of carbonyl (C=O) groups excluding carboxylic acids is 1. The van der Waals surface area contributed by atoms with Crippen molar-refractivity contribution in [3.63, 3.8) is 0 Å². The molecule has 18 heavy (non-hydrogen) atoms. The molecule has 104 valence electrons. The minimum absolute atomic E-state index is 0.0990. The Kier molecular flexibility index (Phi) is 5.55. The van der Waals surface area contributed by atoms with Crippen molar-refractivity contribution >= 4 is 11.9 Å². The van der Waals surface area contributed by atoms with Crippen LogP contribution in [0.1, 0.15) is 33.1 Å². The van der Waals surface area contributed by atoms with E-state index in [1.165, 1.54) is 0 Å². The third kappa shape index (κ3) is 4.62. The lowest BCUT2D eigenvalue weighted by Gasteiger charge is -2.29. The lowest BCUT2D eigenvalue weighted by Crippen LogP contribution is -2.53. The number of amides is 1. The van der Waals surface area contributed by atoms with Gasteiger partial charge in [0.1, 0.15) is 6.04 Å². The smallest absolute Gasteiger partial charge is 0.320 e. The fraction of sp³-hybridized carbons (Fsp3) is 0.833. The molecular weight excluding hydrogens is 234 g/mol. The first-order valence-electron chi connectivity index (χ1n) is 6.42. The van der Waals surface area contributed by atoms with Crippen LogP contribution in [0.25, 0.3) is 0 Å². The van der Waals surface area contributed by atoms with Gasteiger partial charge in [-0.15, -0.1) is 0 Å². The fourth-order valence-corrected chi connectivity index (χ4v) is 2.16. The van der Waals surface area contributed by atoms with Gasteiger partial charge in [0.15, 0.2) is 0 Å². The first-order valence-corrected chi connectivity index (χ1v) is 6.42. The van der Waals surface area contributed by atoms with Crippen LogP contribution >= 0.6 is 0 Å². The molecule has 0 aliphatic carbocycles. The number of piperidine rings is 1. The maximum Gasteiger partial charge on any atom is 0.320 e. The third-order valence-electron chi connectivity index (χ3n) is 3.11. The van der Waals surface area contributed by atoms with Crippen LogP contribution in [0, 0.1) is 5.92 Å². The van der Waals surface area contributed by atoms with E-state index >= 15 is 0 Å². The van der Waals surface area contributed by atoms with Gasteiger partial charge >= 0.3 is 5.97 Å². The van der Waals surface area contributed by atoms with Crippen molar-refractivity contribution < 1.29 is 14.7 Å². The van der Waals surface area contributed by atoms with Crippen molar-refractivity contribution in [1.82, 2.24) is 10.6 Å². The Labute approximate surface area is 107 Å². The number of carboxylic acid groups (broad SMARTS) is 1. The number of carboxylic acids is 1. The molecule has 1 aliphatic heterocycles. The number of hydrogen-bond donors (Lipinski definition) is 4. The Morgan fingerprint density at radius 3 is 2.72 bits per heavy atom. The Morgan fingerprint density at radius 2 is 2.17 bits per heavy atom. The van der Waals surface area contributed by atoms with E-state index in [-0.39, 0.29) is 11.9 Å². The van der Waals surface area contributed by atoms with Crippen molar-refractivity contribution in [1.29, 1.82) is 0 Å². The van der Waals surface area contributed by atoms with E-state index in [1.54, 1.807) is 0 Å². The van der Waals surface area contributed by atoms with Crippen LogP contribution in [0.5, 0.6) is 0 Å². The lowest BCUT2D eigenvalue weighted by molar-refractivity contribution is -0.140. The van der Waals surface area contributed by atoms with E-state index in [4.69, 9.17) is 10.8 Å². The highest BCUT2D eigenvalue weighted by Gasteiger charge is 2.28. The zero-order valence-corrected chi connectivity index (χ0v) is 11.0. The molecule has 5 N–H and O–H groups in total. The summed E-state index contributed by atoms with van der Waals surface area (Å²) in [7, 11) is 0. The molecular formula is C12H23N3O3. The van der Waals surface area contributed by atoms with Crippen molar-refractivity contribution in [2.75, 3.05) is 6.54 Å². The van der Waals surface area contributed by atoms with E-state index in [1.807, 2.05) is 13.8 Å². The van der Waals surface area contributed by atoms with Gasteiger partial charge in [-0.2, -0.15) is 0 Å². The largest absolute Gasteiger partial charge is 0.480 e. The normalized spacial score (nSPS) is 25.8.